The molecule has 8 heteroatoms. The highest BCUT2D eigenvalue weighted by Crippen LogP contribution is 2.26. The molecule has 106 valence electrons. The third-order valence-electron chi connectivity index (χ3n) is 2.87. The van der Waals surface area contributed by atoms with E-state index in [-0.39, 0.29) is 27.7 Å². The van der Waals surface area contributed by atoms with Crippen LogP contribution in [0, 0.1) is 5.82 Å². The van der Waals surface area contributed by atoms with E-state index in [1.807, 2.05) is 0 Å². The van der Waals surface area contributed by atoms with Gasteiger partial charge in [-0.25, -0.2) is 17.5 Å². The SMILES string of the molecule is Nc1cc(S(=O)(=O)NCC2CCCO2)c(Br)cc1F. The molecule has 0 bridgehead atoms. The molecule has 0 amide bonds. The number of hydrogen-bond donors (Lipinski definition) is 2. The van der Waals surface area contributed by atoms with Gasteiger partial charge in [-0.15, -0.1) is 0 Å². The molecule has 2 rings (SSSR count). The fraction of sp³-hybridized carbons (Fsp3) is 0.455. The van der Waals surface area contributed by atoms with Crippen molar-refractivity contribution in [3.05, 3.63) is 22.4 Å². The number of nitrogens with one attached hydrogen (secondary N) is 1. The summed E-state index contributed by atoms with van der Waals surface area (Å²) < 4.78 is 45.3. The van der Waals surface area contributed by atoms with Gasteiger partial charge < -0.3 is 10.5 Å². The van der Waals surface area contributed by atoms with Crippen LogP contribution in [0.2, 0.25) is 0 Å². The molecule has 1 aliphatic rings. The predicted molar refractivity (Wildman–Crippen MR) is 72.7 cm³/mol. The van der Waals surface area contributed by atoms with Gasteiger partial charge in [-0.2, -0.15) is 0 Å². The van der Waals surface area contributed by atoms with Crippen LogP contribution in [0.3, 0.4) is 0 Å². The average Bonchev–Trinajstić information content (AvgIpc) is 2.84. The predicted octanol–water partition coefficient (Wildman–Crippen LogP) is 1.63. The molecular weight excluding hydrogens is 339 g/mol. The van der Waals surface area contributed by atoms with Crippen LogP contribution in [-0.2, 0) is 14.8 Å². The summed E-state index contributed by atoms with van der Waals surface area (Å²) in [5.41, 5.74) is 5.18. The van der Waals surface area contributed by atoms with Crippen molar-refractivity contribution in [3.63, 3.8) is 0 Å². The van der Waals surface area contributed by atoms with Gasteiger partial charge in [-0.05, 0) is 40.9 Å². The second-order valence-corrected chi connectivity index (χ2v) is 6.88. The maximum atomic E-state index is 13.2. The Bertz CT molecular complexity index is 574. The molecule has 19 heavy (non-hydrogen) atoms. The fourth-order valence-electron chi connectivity index (χ4n) is 1.84. The Morgan fingerprint density at radius 3 is 2.89 bits per heavy atom. The van der Waals surface area contributed by atoms with Crippen molar-refractivity contribution in [1.82, 2.24) is 4.72 Å². The largest absolute Gasteiger partial charge is 0.396 e. The Hall–Kier alpha value is -0.700. The fourth-order valence-corrected chi connectivity index (χ4v) is 3.95. The lowest BCUT2D eigenvalue weighted by atomic mass is 10.2. The van der Waals surface area contributed by atoms with Crippen molar-refractivity contribution >= 4 is 31.6 Å². The molecule has 1 atom stereocenters. The highest BCUT2D eigenvalue weighted by atomic mass is 79.9. The zero-order valence-corrected chi connectivity index (χ0v) is 12.4. The standard InChI is InChI=1S/C11H14BrFN2O3S/c12-8-4-9(13)10(14)5-11(8)19(16,17)15-6-7-2-1-3-18-7/h4-5,7,15H,1-3,6,14H2. The first-order valence-corrected chi connectivity index (χ1v) is 8.03. The van der Waals surface area contributed by atoms with E-state index in [9.17, 15) is 12.8 Å². The van der Waals surface area contributed by atoms with Crippen molar-refractivity contribution in [2.24, 2.45) is 0 Å². The molecule has 0 saturated carbocycles. The Morgan fingerprint density at radius 1 is 1.53 bits per heavy atom. The molecule has 1 aromatic rings. The van der Waals surface area contributed by atoms with E-state index in [4.69, 9.17) is 10.5 Å². The maximum Gasteiger partial charge on any atom is 0.241 e. The summed E-state index contributed by atoms with van der Waals surface area (Å²) >= 11 is 3.02. The minimum Gasteiger partial charge on any atom is -0.396 e. The zero-order chi connectivity index (χ0) is 14.0. The smallest absolute Gasteiger partial charge is 0.241 e. The van der Waals surface area contributed by atoms with Gasteiger partial charge in [0.2, 0.25) is 10.0 Å². The van der Waals surface area contributed by atoms with Crippen molar-refractivity contribution in [3.8, 4) is 0 Å². The lowest BCUT2D eigenvalue weighted by Gasteiger charge is -2.13. The molecule has 0 spiro atoms. The second-order valence-electron chi connectivity index (χ2n) is 4.29. The molecule has 1 aromatic carbocycles. The van der Waals surface area contributed by atoms with Gasteiger partial charge >= 0.3 is 0 Å². The number of nitrogens with two attached hydrogens (primary N) is 1. The van der Waals surface area contributed by atoms with Crippen LogP contribution < -0.4 is 10.5 Å². The van der Waals surface area contributed by atoms with E-state index < -0.39 is 15.8 Å². The second kappa shape index (κ2) is 5.74. The Balaban J connectivity index is 2.16. The van der Waals surface area contributed by atoms with Crippen LogP contribution in [0.5, 0.6) is 0 Å². The van der Waals surface area contributed by atoms with E-state index in [1.54, 1.807) is 0 Å². The summed E-state index contributed by atoms with van der Waals surface area (Å²) in [5.74, 6) is -0.662. The number of ether oxygens (including phenoxy) is 1. The van der Waals surface area contributed by atoms with E-state index in [2.05, 4.69) is 20.7 Å². The Labute approximate surface area is 119 Å². The maximum absolute atomic E-state index is 13.2. The monoisotopic (exact) mass is 352 g/mol. The van der Waals surface area contributed by atoms with E-state index >= 15 is 0 Å². The van der Waals surface area contributed by atoms with Gasteiger partial charge in [0.05, 0.1) is 16.7 Å². The number of nitrogen functional groups attached to an aromatic ring is 1. The Kier molecular flexibility index (Phi) is 4.44. The average molecular weight is 353 g/mol. The number of rotatable bonds is 4. The minimum absolute atomic E-state index is 0.0793. The van der Waals surface area contributed by atoms with Crippen molar-refractivity contribution in [1.29, 1.82) is 0 Å². The molecule has 1 heterocycles. The Morgan fingerprint density at radius 2 is 2.26 bits per heavy atom. The van der Waals surface area contributed by atoms with Crippen LogP contribution in [0.1, 0.15) is 12.8 Å². The number of sulfonamides is 1. The summed E-state index contributed by atoms with van der Waals surface area (Å²) in [6, 6.07) is 2.13. The molecular formula is C11H14BrFN2O3S. The van der Waals surface area contributed by atoms with E-state index in [0.29, 0.717) is 6.61 Å². The first kappa shape index (κ1) is 14.7. The topological polar surface area (TPSA) is 81.4 Å². The lowest BCUT2D eigenvalue weighted by molar-refractivity contribution is 0.114. The summed E-state index contributed by atoms with van der Waals surface area (Å²) in [6.45, 7) is 0.853. The third kappa shape index (κ3) is 3.44. The van der Waals surface area contributed by atoms with Gasteiger partial charge in [0.25, 0.3) is 0 Å². The summed E-state index contributed by atoms with van der Waals surface area (Å²) in [6.07, 6.45) is 1.65. The van der Waals surface area contributed by atoms with Crippen LogP contribution in [0.25, 0.3) is 0 Å². The first-order chi connectivity index (χ1) is 8.90. The van der Waals surface area contributed by atoms with Crippen LogP contribution in [0.4, 0.5) is 10.1 Å². The molecule has 1 aliphatic heterocycles. The van der Waals surface area contributed by atoms with E-state index in [1.165, 1.54) is 0 Å². The highest BCUT2D eigenvalue weighted by molar-refractivity contribution is 9.10. The number of hydrogen-bond acceptors (Lipinski definition) is 4. The summed E-state index contributed by atoms with van der Waals surface area (Å²) in [5, 5.41) is 0. The van der Waals surface area contributed by atoms with Crippen molar-refractivity contribution in [2.75, 3.05) is 18.9 Å². The molecule has 3 N–H and O–H groups in total. The van der Waals surface area contributed by atoms with Crippen LogP contribution >= 0.6 is 15.9 Å². The van der Waals surface area contributed by atoms with Gasteiger partial charge in [-0.3, -0.25) is 0 Å². The quantitative estimate of drug-likeness (QED) is 0.807. The van der Waals surface area contributed by atoms with Crippen molar-refractivity contribution < 1.29 is 17.5 Å². The normalized spacial score (nSPS) is 19.8. The first-order valence-electron chi connectivity index (χ1n) is 5.76. The van der Waals surface area contributed by atoms with Gasteiger partial charge in [0, 0.05) is 17.6 Å². The molecule has 0 aliphatic carbocycles. The van der Waals surface area contributed by atoms with Crippen LogP contribution in [0.15, 0.2) is 21.5 Å². The van der Waals surface area contributed by atoms with Gasteiger partial charge in [0.15, 0.2) is 0 Å². The molecule has 0 radical (unpaired) electrons. The molecule has 1 unspecified atom stereocenters. The third-order valence-corrected chi connectivity index (χ3v) is 5.25. The highest BCUT2D eigenvalue weighted by Gasteiger charge is 2.23. The number of anilines is 1. The van der Waals surface area contributed by atoms with Crippen LogP contribution in [-0.4, -0.2) is 27.7 Å². The zero-order valence-electron chi connectivity index (χ0n) is 10.0. The van der Waals surface area contributed by atoms with E-state index in [0.717, 1.165) is 25.0 Å². The lowest BCUT2D eigenvalue weighted by Crippen LogP contribution is -2.32. The number of halogens is 2. The van der Waals surface area contributed by atoms with Gasteiger partial charge in [-0.1, -0.05) is 0 Å². The molecule has 1 fully saturated rings. The summed E-state index contributed by atoms with van der Waals surface area (Å²) in [7, 11) is -3.74. The van der Waals surface area contributed by atoms with Gasteiger partial charge in [0.1, 0.15) is 5.82 Å². The minimum atomic E-state index is -3.74. The molecule has 1 saturated heterocycles. The number of benzene rings is 1. The summed E-state index contributed by atoms with van der Waals surface area (Å²) in [4.78, 5) is -0.0793. The molecule has 0 aromatic heterocycles. The molecule has 5 nitrogen and oxygen atoms in total. The van der Waals surface area contributed by atoms with Crippen molar-refractivity contribution in [2.45, 2.75) is 23.8 Å².